The summed E-state index contributed by atoms with van der Waals surface area (Å²) in [7, 11) is 0. The first-order valence-electron chi connectivity index (χ1n) is 13.6. The Hall–Kier alpha value is -4.53. The van der Waals surface area contributed by atoms with Crippen molar-refractivity contribution in [1.29, 1.82) is 0 Å². The molecule has 0 aliphatic heterocycles. The molecule has 0 radical (unpaired) electrons. The molecule has 0 saturated heterocycles. The Balaban J connectivity index is 0.000000144. The first-order chi connectivity index (χ1) is 19.2. The molecule has 2 heterocycles. The van der Waals surface area contributed by atoms with Crippen molar-refractivity contribution in [2.75, 3.05) is 0 Å². The summed E-state index contributed by atoms with van der Waals surface area (Å²) in [5.74, 6) is 0.134. The number of rotatable bonds is 0. The van der Waals surface area contributed by atoms with Gasteiger partial charge in [0.05, 0.1) is 11.4 Å². The average Bonchev–Trinajstić information content (AvgIpc) is 3.35. The van der Waals surface area contributed by atoms with Gasteiger partial charge in [-0.05, 0) is 44.2 Å². The van der Waals surface area contributed by atoms with Gasteiger partial charge in [-0.3, -0.25) is 9.97 Å². The Labute approximate surface area is 243 Å². The Bertz CT molecular complexity index is 1850. The van der Waals surface area contributed by atoms with E-state index >= 15 is 0 Å². The molecular weight excluding hydrogens is 501 g/mol. The van der Waals surface area contributed by atoms with Crippen LogP contribution in [0.25, 0.3) is 44.1 Å². The molecule has 6 aromatic rings. The number of hydrogen-bond donors (Lipinski definition) is 0. The van der Waals surface area contributed by atoms with Crippen molar-refractivity contribution in [3.8, 4) is 34.0 Å². The topological polar surface area (TPSA) is 71.9 Å². The summed E-state index contributed by atoms with van der Waals surface area (Å²) in [5.41, 5.74) is 7.42. The third-order valence-electron chi connectivity index (χ3n) is 8.72. The molecule has 0 saturated carbocycles. The number of pyridine rings is 2. The van der Waals surface area contributed by atoms with Crippen LogP contribution in [-0.4, -0.2) is 20.1 Å². The van der Waals surface area contributed by atoms with Gasteiger partial charge in [-0.1, -0.05) is 124 Å². The Morgan fingerprint density at radius 1 is 0.512 bits per heavy atom. The van der Waals surface area contributed by atoms with Gasteiger partial charge in [-0.15, -0.1) is 0 Å². The van der Waals surface area contributed by atoms with Crippen LogP contribution < -0.4 is 10.2 Å². The van der Waals surface area contributed by atoms with E-state index in [0.717, 1.165) is 44.4 Å². The van der Waals surface area contributed by atoms with Gasteiger partial charge >= 0.3 is 10.1 Å². The molecule has 0 amide bonds. The summed E-state index contributed by atoms with van der Waals surface area (Å²) >= 11 is 0. The van der Waals surface area contributed by atoms with E-state index in [0.29, 0.717) is 0 Å². The van der Waals surface area contributed by atoms with Crippen molar-refractivity contribution in [1.82, 2.24) is 9.97 Å². The predicted octanol–water partition coefficient (Wildman–Crippen LogP) is 6.85. The van der Waals surface area contributed by atoms with Crippen LogP contribution in [0.1, 0.15) is 49.9 Å². The van der Waals surface area contributed by atoms with Crippen molar-refractivity contribution in [2.24, 2.45) is 0 Å². The summed E-state index contributed by atoms with van der Waals surface area (Å²) in [4.78, 5) is 9.17. The van der Waals surface area contributed by atoms with Crippen LogP contribution in [0.4, 0.5) is 0 Å². The molecule has 2 aliphatic carbocycles. The van der Waals surface area contributed by atoms with Crippen LogP contribution in [-0.2, 0) is 10.8 Å². The van der Waals surface area contributed by atoms with Gasteiger partial charge in [-0.2, -0.15) is 0 Å². The third-order valence-corrected chi connectivity index (χ3v) is 8.72. The van der Waals surface area contributed by atoms with Crippen LogP contribution in [0, 0.1) is 0 Å². The van der Waals surface area contributed by atoms with Gasteiger partial charge < -0.3 is 10.2 Å². The molecule has 4 nitrogen and oxygen atoms in total. The van der Waals surface area contributed by atoms with Crippen molar-refractivity contribution < 1.29 is 10.2 Å². The SMILES string of the molecule is CC1(C)c2cccc([O-])c2-c2ncc3ccccc3c21.CC1(C)c2cccc([O-])c2-c2ncc3ccccc3c21.[Be+2]. The Morgan fingerprint density at radius 2 is 0.902 bits per heavy atom. The molecule has 0 spiro atoms. The van der Waals surface area contributed by atoms with Gasteiger partial charge in [0.15, 0.2) is 0 Å². The number of hydrogen-bond acceptors (Lipinski definition) is 4. The maximum Gasteiger partial charge on any atom is 2.00 e. The standard InChI is InChI=1S/2C18H15NO.Be/c2*1-18(2)13-8-5-9-14(20)15(13)17-16(18)12-7-4-3-6-11(12)10-19-17;/h2*3-10,20H,1-2H3;/q;;+2/p-2. The summed E-state index contributed by atoms with van der Waals surface area (Å²) in [5, 5.41) is 29.1. The molecule has 8 rings (SSSR count). The monoisotopic (exact) mass is 529 g/mol. The molecular formula is C36H28BeN2O2. The van der Waals surface area contributed by atoms with Crippen LogP contribution >= 0.6 is 0 Å². The molecule has 5 heteroatoms. The van der Waals surface area contributed by atoms with Crippen molar-refractivity contribution in [3.05, 3.63) is 120 Å². The first kappa shape index (κ1) is 26.7. The summed E-state index contributed by atoms with van der Waals surface area (Å²) in [6.07, 6.45) is 3.73. The molecule has 0 fully saturated rings. The fourth-order valence-electron chi connectivity index (χ4n) is 6.83. The van der Waals surface area contributed by atoms with Crippen LogP contribution in [0.15, 0.2) is 97.3 Å². The molecule has 0 bridgehead atoms. The van der Waals surface area contributed by atoms with Gasteiger partial charge in [0.25, 0.3) is 0 Å². The number of aromatic nitrogens is 2. The molecule has 41 heavy (non-hydrogen) atoms. The number of nitrogens with zero attached hydrogens (tertiary/aromatic N) is 2. The predicted molar refractivity (Wildman–Crippen MR) is 163 cm³/mol. The van der Waals surface area contributed by atoms with E-state index in [-0.39, 0.29) is 32.5 Å². The van der Waals surface area contributed by atoms with Crippen molar-refractivity contribution >= 4 is 31.7 Å². The van der Waals surface area contributed by atoms with Gasteiger partial charge in [-0.25, -0.2) is 0 Å². The second kappa shape index (κ2) is 9.26. The third kappa shape index (κ3) is 3.71. The largest absolute Gasteiger partial charge is 2.00 e. The Morgan fingerprint density at radius 3 is 1.32 bits per heavy atom. The maximum absolute atomic E-state index is 12.3. The minimum Gasteiger partial charge on any atom is -0.872 e. The van der Waals surface area contributed by atoms with E-state index in [4.69, 9.17) is 0 Å². The fourth-order valence-corrected chi connectivity index (χ4v) is 6.83. The molecule has 0 unspecified atom stereocenters. The summed E-state index contributed by atoms with van der Waals surface area (Å²) in [6, 6.07) is 27.5. The zero-order chi connectivity index (χ0) is 27.8. The fraction of sp³-hybridized carbons (Fsp3) is 0.167. The zero-order valence-electron chi connectivity index (χ0n) is 23.7. The Kier molecular flexibility index (Phi) is 6.02. The van der Waals surface area contributed by atoms with Crippen molar-refractivity contribution in [2.45, 2.75) is 38.5 Å². The van der Waals surface area contributed by atoms with E-state index < -0.39 is 0 Å². The van der Waals surface area contributed by atoms with Crippen LogP contribution in [0.5, 0.6) is 11.5 Å². The summed E-state index contributed by atoms with van der Waals surface area (Å²) < 4.78 is 0. The van der Waals surface area contributed by atoms with Crippen LogP contribution in [0.3, 0.4) is 0 Å². The molecule has 2 aromatic heterocycles. The van der Waals surface area contributed by atoms with Gasteiger partial charge in [0.2, 0.25) is 0 Å². The van der Waals surface area contributed by atoms with E-state index in [1.165, 1.54) is 21.9 Å². The van der Waals surface area contributed by atoms with Crippen molar-refractivity contribution in [3.63, 3.8) is 0 Å². The summed E-state index contributed by atoms with van der Waals surface area (Å²) in [6.45, 7) is 8.69. The second-order valence-electron chi connectivity index (χ2n) is 11.7. The molecule has 0 atom stereocenters. The minimum atomic E-state index is -0.182. The normalized spacial score (nSPS) is 14.7. The number of fused-ring (bicyclic) bond motifs is 10. The molecule has 4 aromatic carbocycles. The van der Waals surface area contributed by atoms with Gasteiger partial charge in [0, 0.05) is 34.0 Å². The second-order valence-corrected chi connectivity index (χ2v) is 11.7. The molecule has 0 N–H and O–H groups in total. The quantitative estimate of drug-likeness (QED) is 0.202. The maximum atomic E-state index is 12.3. The van der Waals surface area contributed by atoms with Crippen LogP contribution in [0.2, 0.25) is 0 Å². The molecule has 2 aliphatic rings. The van der Waals surface area contributed by atoms with E-state index in [1.54, 1.807) is 12.1 Å². The van der Waals surface area contributed by atoms with Gasteiger partial charge in [0.1, 0.15) is 0 Å². The first-order valence-corrected chi connectivity index (χ1v) is 13.6. The van der Waals surface area contributed by atoms with E-state index in [1.807, 2.05) is 60.9 Å². The number of benzene rings is 4. The molecule has 196 valence electrons. The smallest absolute Gasteiger partial charge is 0.872 e. The van der Waals surface area contributed by atoms with E-state index in [2.05, 4.69) is 61.9 Å². The average molecular weight is 530 g/mol. The minimum absolute atomic E-state index is 0. The zero-order valence-corrected chi connectivity index (χ0v) is 23.7. The van der Waals surface area contributed by atoms with E-state index in [9.17, 15) is 10.2 Å².